The third-order valence-corrected chi connectivity index (χ3v) is 3.69. The van der Waals surface area contributed by atoms with Gasteiger partial charge in [-0.25, -0.2) is 4.39 Å². The molecule has 1 aromatic carbocycles. The van der Waals surface area contributed by atoms with Crippen LogP contribution in [0.15, 0.2) is 18.2 Å². The fourth-order valence-electron chi connectivity index (χ4n) is 2.65. The maximum absolute atomic E-state index is 13.7. The van der Waals surface area contributed by atoms with Crippen molar-refractivity contribution in [1.82, 2.24) is 4.90 Å². The second-order valence-electron chi connectivity index (χ2n) is 5.17. The molecule has 0 atom stereocenters. The van der Waals surface area contributed by atoms with Crippen LogP contribution >= 0.6 is 0 Å². The number of carbonyl (C=O) groups is 1. The van der Waals surface area contributed by atoms with Crippen LogP contribution in [-0.2, 0) is 9.53 Å². The third-order valence-electron chi connectivity index (χ3n) is 3.69. The van der Waals surface area contributed by atoms with E-state index in [1.165, 1.54) is 6.07 Å². The molecule has 1 saturated heterocycles. The smallest absolute Gasteiger partial charge is 0.320 e. The number of hydrogen-bond acceptors (Lipinski definition) is 5. The summed E-state index contributed by atoms with van der Waals surface area (Å²) >= 11 is 0. The Bertz CT molecular complexity index is 571. The molecule has 0 spiro atoms. The largest absolute Gasteiger partial charge is 0.465 e. The van der Waals surface area contributed by atoms with E-state index in [4.69, 9.17) is 10.00 Å². The van der Waals surface area contributed by atoms with E-state index in [2.05, 4.69) is 0 Å². The van der Waals surface area contributed by atoms with Gasteiger partial charge in [-0.2, -0.15) is 5.26 Å². The van der Waals surface area contributed by atoms with Gasteiger partial charge in [0.1, 0.15) is 17.4 Å². The monoisotopic (exact) mass is 305 g/mol. The van der Waals surface area contributed by atoms with Gasteiger partial charge >= 0.3 is 5.97 Å². The summed E-state index contributed by atoms with van der Waals surface area (Å²) in [5, 5.41) is 9.14. The average Bonchev–Trinajstić information content (AvgIpc) is 2.72. The molecule has 1 aliphatic heterocycles. The van der Waals surface area contributed by atoms with Crippen LogP contribution in [0, 0.1) is 17.1 Å². The summed E-state index contributed by atoms with van der Waals surface area (Å²) in [5.74, 6) is -0.716. The van der Waals surface area contributed by atoms with E-state index in [-0.39, 0.29) is 18.1 Å². The first-order valence-corrected chi connectivity index (χ1v) is 7.47. The zero-order chi connectivity index (χ0) is 15.9. The zero-order valence-corrected chi connectivity index (χ0v) is 12.7. The SMILES string of the molecule is CCOC(=O)CN1CCCN(c2cccc(F)c2C#N)CC1. The molecule has 1 aromatic rings. The molecule has 0 saturated carbocycles. The van der Waals surface area contributed by atoms with Crippen LogP contribution in [0.5, 0.6) is 0 Å². The molecule has 118 valence electrons. The number of nitriles is 1. The standard InChI is InChI=1S/C16H20FN3O2/c1-2-22-16(21)12-19-7-4-8-20(10-9-19)15-6-3-5-14(17)13(15)11-18/h3,5-6H,2,4,7-10,12H2,1H3. The highest BCUT2D eigenvalue weighted by molar-refractivity contribution is 5.71. The number of ether oxygens (including phenoxy) is 1. The van der Waals surface area contributed by atoms with E-state index in [0.29, 0.717) is 25.4 Å². The lowest BCUT2D eigenvalue weighted by Crippen LogP contribution is -2.35. The number of anilines is 1. The Labute approximate surface area is 129 Å². The van der Waals surface area contributed by atoms with Crippen LogP contribution in [0.3, 0.4) is 0 Å². The van der Waals surface area contributed by atoms with Crippen molar-refractivity contribution in [2.75, 3.05) is 44.2 Å². The number of halogens is 1. The van der Waals surface area contributed by atoms with Crippen molar-refractivity contribution in [2.24, 2.45) is 0 Å². The fraction of sp³-hybridized carbons (Fsp3) is 0.500. The second-order valence-corrected chi connectivity index (χ2v) is 5.17. The van der Waals surface area contributed by atoms with Crippen LogP contribution in [0.2, 0.25) is 0 Å². The number of carbonyl (C=O) groups excluding carboxylic acids is 1. The third kappa shape index (κ3) is 3.95. The lowest BCUT2D eigenvalue weighted by Gasteiger charge is -2.24. The lowest BCUT2D eigenvalue weighted by molar-refractivity contribution is -0.144. The number of nitrogens with zero attached hydrogens (tertiary/aromatic N) is 3. The summed E-state index contributed by atoms with van der Waals surface area (Å²) in [5.41, 5.74) is 0.710. The fourth-order valence-corrected chi connectivity index (χ4v) is 2.65. The number of rotatable bonds is 4. The predicted octanol–water partition coefficient (Wildman–Crippen LogP) is 1.77. The van der Waals surface area contributed by atoms with Gasteiger partial charge in [0.15, 0.2) is 0 Å². The van der Waals surface area contributed by atoms with E-state index in [0.717, 1.165) is 19.5 Å². The van der Waals surface area contributed by atoms with Gasteiger partial charge in [0.05, 0.1) is 18.8 Å². The lowest BCUT2D eigenvalue weighted by atomic mass is 10.1. The molecule has 22 heavy (non-hydrogen) atoms. The minimum absolute atomic E-state index is 0.0846. The van der Waals surface area contributed by atoms with Crippen LogP contribution in [0.4, 0.5) is 10.1 Å². The Balaban J connectivity index is 2.03. The highest BCUT2D eigenvalue weighted by Gasteiger charge is 2.20. The topological polar surface area (TPSA) is 56.6 Å². The molecule has 5 nitrogen and oxygen atoms in total. The molecular formula is C16H20FN3O2. The molecule has 2 rings (SSSR count). The Morgan fingerprint density at radius 3 is 2.91 bits per heavy atom. The van der Waals surface area contributed by atoms with E-state index in [1.807, 2.05) is 15.9 Å². The van der Waals surface area contributed by atoms with Crippen molar-refractivity contribution in [3.8, 4) is 6.07 Å². The first kappa shape index (κ1) is 16.2. The predicted molar refractivity (Wildman–Crippen MR) is 81.0 cm³/mol. The van der Waals surface area contributed by atoms with Crippen molar-refractivity contribution < 1.29 is 13.9 Å². The van der Waals surface area contributed by atoms with Gasteiger partial charge in [0.25, 0.3) is 0 Å². The van der Waals surface area contributed by atoms with Gasteiger partial charge in [-0.15, -0.1) is 0 Å². The van der Waals surface area contributed by atoms with Gasteiger partial charge in [-0.1, -0.05) is 6.07 Å². The minimum atomic E-state index is -0.493. The van der Waals surface area contributed by atoms with E-state index < -0.39 is 5.82 Å². The summed E-state index contributed by atoms with van der Waals surface area (Å²) < 4.78 is 18.7. The van der Waals surface area contributed by atoms with Crippen molar-refractivity contribution in [1.29, 1.82) is 5.26 Å². The number of esters is 1. The summed E-state index contributed by atoms with van der Waals surface area (Å²) in [6.45, 7) is 5.29. The van der Waals surface area contributed by atoms with Crippen molar-refractivity contribution in [2.45, 2.75) is 13.3 Å². The highest BCUT2D eigenvalue weighted by Crippen LogP contribution is 2.23. The Hall–Kier alpha value is -2.13. The van der Waals surface area contributed by atoms with E-state index >= 15 is 0 Å². The molecule has 1 fully saturated rings. The molecule has 0 aliphatic carbocycles. The first-order valence-electron chi connectivity index (χ1n) is 7.47. The average molecular weight is 305 g/mol. The Kier molecular flexibility index (Phi) is 5.73. The zero-order valence-electron chi connectivity index (χ0n) is 12.7. The Morgan fingerprint density at radius 1 is 1.36 bits per heavy atom. The molecule has 0 unspecified atom stereocenters. The quantitative estimate of drug-likeness (QED) is 0.794. The van der Waals surface area contributed by atoms with Crippen LogP contribution in [0.1, 0.15) is 18.9 Å². The molecule has 1 aliphatic rings. The second kappa shape index (κ2) is 7.76. The van der Waals surface area contributed by atoms with Crippen LogP contribution < -0.4 is 4.90 Å². The van der Waals surface area contributed by atoms with Gasteiger partial charge in [-0.3, -0.25) is 9.69 Å². The van der Waals surface area contributed by atoms with Gasteiger partial charge in [-0.05, 0) is 25.5 Å². The molecule has 0 amide bonds. The van der Waals surface area contributed by atoms with Gasteiger partial charge in [0, 0.05) is 26.2 Å². The van der Waals surface area contributed by atoms with Gasteiger partial charge in [0.2, 0.25) is 0 Å². The van der Waals surface area contributed by atoms with Crippen LogP contribution in [-0.4, -0.2) is 50.2 Å². The molecule has 1 heterocycles. The van der Waals surface area contributed by atoms with Crippen molar-refractivity contribution in [3.63, 3.8) is 0 Å². The summed E-state index contributed by atoms with van der Waals surface area (Å²) in [6.07, 6.45) is 0.848. The summed E-state index contributed by atoms with van der Waals surface area (Å²) in [6, 6.07) is 6.62. The van der Waals surface area contributed by atoms with Crippen LogP contribution in [0.25, 0.3) is 0 Å². The molecule has 6 heteroatoms. The molecule has 0 radical (unpaired) electrons. The van der Waals surface area contributed by atoms with Gasteiger partial charge < -0.3 is 9.64 Å². The van der Waals surface area contributed by atoms with Crippen molar-refractivity contribution >= 4 is 11.7 Å². The molecule has 0 aromatic heterocycles. The summed E-state index contributed by atoms with van der Waals surface area (Å²) in [4.78, 5) is 15.6. The molecule has 0 bridgehead atoms. The highest BCUT2D eigenvalue weighted by atomic mass is 19.1. The first-order chi connectivity index (χ1) is 10.7. The summed E-state index contributed by atoms with van der Waals surface area (Å²) in [7, 11) is 0. The Morgan fingerprint density at radius 2 is 2.18 bits per heavy atom. The van der Waals surface area contributed by atoms with Crippen molar-refractivity contribution in [3.05, 3.63) is 29.6 Å². The minimum Gasteiger partial charge on any atom is -0.465 e. The number of benzene rings is 1. The molecule has 0 N–H and O–H groups in total. The maximum Gasteiger partial charge on any atom is 0.320 e. The number of hydrogen-bond donors (Lipinski definition) is 0. The normalized spacial score (nSPS) is 16.0. The molecular weight excluding hydrogens is 285 g/mol. The van der Waals surface area contributed by atoms with E-state index in [1.54, 1.807) is 19.1 Å². The van der Waals surface area contributed by atoms with E-state index in [9.17, 15) is 9.18 Å². The maximum atomic E-state index is 13.7.